The number of carboxylic acids is 1. The molecule has 2 aromatic carbocycles. The Bertz CT molecular complexity index is 2340. The van der Waals surface area contributed by atoms with Crippen molar-refractivity contribution in [3.8, 4) is 11.8 Å². The molecule has 3 heterocycles. The topological polar surface area (TPSA) is 285 Å². The van der Waals surface area contributed by atoms with Crippen molar-refractivity contribution in [2.75, 3.05) is 129 Å². The molecular formula is C43H55F2N11O12. The summed E-state index contributed by atoms with van der Waals surface area (Å²) in [4.78, 5) is 109. The molecule has 0 aliphatic carbocycles. The number of nitriles is 1. The summed E-state index contributed by atoms with van der Waals surface area (Å²) >= 11 is 0. The van der Waals surface area contributed by atoms with E-state index in [4.69, 9.17) is 14.2 Å². The lowest BCUT2D eigenvalue weighted by molar-refractivity contribution is -0.139. The molecule has 0 bridgehead atoms. The van der Waals surface area contributed by atoms with Crippen LogP contribution in [0.25, 0.3) is 10.9 Å². The third-order valence-corrected chi connectivity index (χ3v) is 11.2. The lowest BCUT2D eigenvalue weighted by Gasteiger charge is -2.33. The Hall–Kier alpha value is -6.88. The molecule has 23 nitrogen and oxygen atoms in total. The van der Waals surface area contributed by atoms with Crippen LogP contribution in [0.3, 0.4) is 0 Å². The normalized spacial score (nSPS) is 17.5. The number of carbonyl (C=O) groups is 6. The molecular weight excluding hydrogens is 901 g/mol. The predicted octanol–water partition coefficient (Wildman–Crippen LogP) is -1.31. The summed E-state index contributed by atoms with van der Waals surface area (Å²) in [7, 11) is 0. The summed E-state index contributed by atoms with van der Waals surface area (Å²) in [6, 6.07) is 6.79. The van der Waals surface area contributed by atoms with Crippen LogP contribution in [0.2, 0.25) is 0 Å². The van der Waals surface area contributed by atoms with Gasteiger partial charge in [-0.05, 0) is 37.1 Å². The minimum Gasteiger partial charge on any atom is -0.494 e. The fourth-order valence-electron chi connectivity index (χ4n) is 7.58. The van der Waals surface area contributed by atoms with E-state index >= 15 is 0 Å². The van der Waals surface area contributed by atoms with Gasteiger partial charge in [-0.3, -0.25) is 62.9 Å². The molecule has 2 aliphatic heterocycles. The molecule has 368 valence electrons. The number of ether oxygens (including phenoxy) is 3. The standard InChI is InChI=1S/C43H55F2N11O12/c44-43(45)20-30(21-46)56(25-43)36(60)22-51-42(65)32-5-7-47-34-4-3-31(19-33(32)34)68-18-2-1-6-49-38-39(41(64)40(38)63)50-9-8-48-35(59)23-52-10-11-53(24-37(61)62)13-15-55(27-67-29-58)17-16-54(14-12-52)26-66-28-57/h3-5,7,19,28-30,49-50H,1-2,6,8-18,20,22-27H2,(H,48,59)(H,51,65)(H,61,62)/t30-/m0/s1. The van der Waals surface area contributed by atoms with Crippen molar-refractivity contribution in [2.45, 2.75) is 31.2 Å². The van der Waals surface area contributed by atoms with Crippen LogP contribution < -0.4 is 36.9 Å². The molecule has 0 spiro atoms. The number of unbranched alkanes of at least 4 members (excludes halogenated alkanes) is 1. The molecule has 3 aromatic rings. The quantitative estimate of drug-likeness (QED) is 0.0396. The second-order valence-corrected chi connectivity index (χ2v) is 16.1. The number of rotatable bonds is 24. The molecule has 68 heavy (non-hydrogen) atoms. The van der Waals surface area contributed by atoms with Crippen molar-refractivity contribution < 1.29 is 56.9 Å². The first-order valence-electron chi connectivity index (χ1n) is 21.9. The highest BCUT2D eigenvalue weighted by Gasteiger charge is 2.47. The fraction of sp³-hybridized carbons (Fsp3) is 0.535. The number of nitrogens with one attached hydrogen (secondary N) is 4. The van der Waals surface area contributed by atoms with Crippen molar-refractivity contribution in [2.24, 2.45) is 0 Å². The number of carbonyl (C=O) groups excluding carboxylic acids is 5. The molecule has 5 N–H and O–H groups in total. The van der Waals surface area contributed by atoms with Crippen LogP contribution in [0.5, 0.6) is 5.75 Å². The van der Waals surface area contributed by atoms with Gasteiger partial charge in [-0.2, -0.15) is 5.26 Å². The first kappa shape index (κ1) is 52.1. The minimum atomic E-state index is -3.19. The number of nitrogens with zero attached hydrogens (tertiary/aromatic N) is 7. The van der Waals surface area contributed by atoms with Crippen LogP contribution in [0.4, 0.5) is 20.2 Å². The van der Waals surface area contributed by atoms with Crippen LogP contribution in [0.1, 0.15) is 29.6 Å². The summed E-state index contributed by atoms with van der Waals surface area (Å²) in [5, 5.41) is 30.2. The Morgan fingerprint density at radius 2 is 1.43 bits per heavy atom. The third kappa shape index (κ3) is 15.6. The molecule has 0 saturated carbocycles. The molecule has 5 rings (SSSR count). The summed E-state index contributed by atoms with van der Waals surface area (Å²) in [6.45, 7) is 2.82. The third-order valence-electron chi connectivity index (χ3n) is 11.2. The van der Waals surface area contributed by atoms with E-state index in [0.29, 0.717) is 101 Å². The maximum atomic E-state index is 13.8. The zero-order chi connectivity index (χ0) is 49.1. The lowest BCUT2D eigenvalue weighted by atomic mass is 10.1. The van der Waals surface area contributed by atoms with Gasteiger partial charge in [0.25, 0.3) is 35.6 Å². The smallest absolute Gasteiger partial charge is 0.317 e. The lowest BCUT2D eigenvalue weighted by Crippen LogP contribution is -2.49. The molecule has 1 atom stereocenters. The number of benzene rings is 1. The molecule has 2 saturated heterocycles. The Balaban J connectivity index is 1.04. The van der Waals surface area contributed by atoms with Gasteiger partial charge in [-0.15, -0.1) is 0 Å². The highest BCUT2D eigenvalue weighted by Crippen LogP contribution is 2.31. The zero-order valence-electron chi connectivity index (χ0n) is 37.3. The SMILES string of the molecule is N#C[C@@H]1CC(F)(F)CN1C(=O)CNC(=O)c1ccnc2ccc(OCCCCNc3c(NCCNC(=O)CN4CCN(COC=O)CCN(COC=O)CCN(CC(=O)O)CC4)c(=O)c3=O)cc12. The van der Waals surface area contributed by atoms with Gasteiger partial charge in [0, 0.05) is 90.0 Å². The number of hydrogen-bond donors (Lipinski definition) is 5. The number of amides is 3. The Kier molecular flexibility index (Phi) is 19.8. The number of pyridine rings is 1. The Labute approximate surface area is 388 Å². The average molecular weight is 956 g/mol. The largest absolute Gasteiger partial charge is 0.494 e. The van der Waals surface area contributed by atoms with Crippen molar-refractivity contribution in [1.82, 2.24) is 40.1 Å². The maximum Gasteiger partial charge on any atom is 0.317 e. The van der Waals surface area contributed by atoms with Gasteiger partial charge >= 0.3 is 5.97 Å². The van der Waals surface area contributed by atoms with Gasteiger partial charge in [0.15, 0.2) is 0 Å². The minimum absolute atomic E-state index is 0.000304. The predicted molar refractivity (Wildman–Crippen MR) is 239 cm³/mol. The van der Waals surface area contributed by atoms with Crippen LogP contribution in [-0.4, -0.2) is 201 Å². The molecule has 3 amide bonds. The van der Waals surface area contributed by atoms with E-state index in [9.17, 15) is 57.5 Å². The van der Waals surface area contributed by atoms with Crippen molar-refractivity contribution in [3.63, 3.8) is 0 Å². The van der Waals surface area contributed by atoms with E-state index in [0.717, 1.165) is 4.90 Å². The first-order chi connectivity index (χ1) is 32.7. The highest BCUT2D eigenvalue weighted by molar-refractivity contribution is 6.07. The fourth-order valence-corrected chi connectivity index (χ4v) is 7.58. The summed E-state index contributed by atoms with van der Waals surface area (Å²) < 4.78 is 43.4. The first-order valence-corrected chi connectivity index (χ1v) is 21.9. The summed E-state index contributed by atoms with van der Waals surface area (Å²) in [5.74, 6) is -5.56. The molecule has 25 heteroatoms. The number of halogens is 2. The highest BCUT2D eigenvalue weighted by atomic mass is 19.3. The van der Waals surface area contributed by atoms with E-state index in [1.54, 1.807) is 29.2 Å². The van der Waals surface area contributed by atoms with Crippen molar-refractivity contribution >= 4 is 58.9 Å². The average Bonchev–Trinajstić information content (AvgIpc) is 3.65. The van der Waals surface area contributed by atoms with E-state index in [2.05, 4.69) is 26.3 Å². The van der Waals surface area contributed by atoms with Crippen LogP contribution in [0, 0.1) is 11.3 Å². The van der Waals surface area contributed by atoms with E-state index in [1.165, 1.54) is 12.3 Å². The van der Waals surface area contributed by atoms with E-state index < -0.39 is 60.1 Å². The molecule has 2 fully saturated rings. The van der Waals surface area contributed by atoms with Gasteiger partial charge < -0.3 is 45.5 Å². The Morgan fingerprint density at radius 1 is 0.824 bits per heavy atom. The number of carboxylic acid groups (broad SMARTS) is 1. The zero-order valence-corrected chi connectivity index (χ0v) is 37.3. The van der Waals surface area contributed by atoms with Crippen LogP contribution in [0.15, 0.2) is 40.1 Å². The summed E-state index contributed by atoms with van der Waals surface area (Å²) in [5.41, 5.74) is -0.491. The van der Waals surface area contributed by atoms with Gasteiger partial charge in [-0.25, -0.2) is 8.78 Å². The monoisotopic (exact) mass is 955 g/mol. The number of anilines is 2. The van der Waals surface area contributed by atoms with Gasteiger partial charge in [0.1, 0.15) is 36.6 Å². The molecule has 0 unspecified atom stereocenters. The van der Waals surface area contributed by atoms with Gasteiger partial charge in [-0.1, -0.05) is 0 Å². The van der Waals surface area contributed by atoms with Crippen LogP contribution >= 0.6 is 0 Å². The number of aliphatic carboxylic acids is 1. The van der Waals surface area contributed by atoms with Gasteiger partial charge in [0.2, 0.25) is 11.8 Å². The van der Waals surface area contributed by atoms with E-state index in [1.807, 2.05) is 14.7 Å². The van der Waals surface area contributed by atoms with Crippen molar-refractivity contribution in [3.05, 3.63) is 56.5 Å². The Morgan fingerprint density at radius 3 is 2.03 bits per heavy atom. The second kappa shape index (κ2) is 25.9. The maximum absolute atomic E-state index is 13.8. The second-order valence-electron chi connectivity index (χ2n) is 16.1. The van der Waals surface area contributed by atoms with Crippen molar-refractivity contribution in [1.29, 1.82) is 5.26 Å². The van der Waals surface area contributed by atoms with Gasteiger partial charge in [0.05, 0.1) is 49.9 Å². The number of fused-ring (bicyclic) bond motifs is 1. The number of hydrogen-bond acceptors (Lipinski definition) is 19. The number of aromatic nitrogens is 1. The number of alkyl halides is 2. The summed E-state index contributed by atoms with van der Waals surface area (Å²) in [6.07, 6.45) is 1.73. The number of likely N-dealkylation sites (tertiary alicyclic amines) is 1. The molecule has 2 aliphatic rings. The van der Waals surface area contributed by atoms with E-state index in [-0.39, 0.29) is 69.1 Å². The molecule has 1 aromatic heterocycles. The van der Waals surface area contributed by atoms with Crippen LogP contribution in [-0.2, 0) is 33.4 Å². The molecule has 0 radical (unpaired) electrons.